The van der Waals surface area contributed by atoms with E-state index in [-0.39, 0.29) is 0 Å². The summed E-state index contributed by atoms with van der Waals surface area (Å²) in [6.07, 6.45) is 8.12. The topological polar surface area (TPSA) is 21.3 Å². The van der Waals surface area contributed by atoms with Gasteiger partial charge in [0.2, 0.25) is 0 Å². The molecule has 0 bridgehead atoms. The molecule has 0 aromatic heterocycles. The van der Waals surface area contributed by atoms with Crippen molar-refractivity contribution in [3.63, 3.8) is 0 Å². The summed E-state index contributed by atoms with van der Waals surface area (Å²) in [5, 5.41) is 3.61. The van der Waals surface area contributed by atoms with E-state index < -0.39 is 0 Å². The third kappa shape index (κ3) is 5.61. The minimum Gasteiger partial charge on any atom is -0.385 e. The molecule has 0 heterocycles. The second-order valence-corrected chi connectivity index (χ2v) is 4.45. The van der Waals surface area contributed by atoms with Gasteiger partial charge in [0.25, 0.3) is 0 Å². The van der Waals surface area contributed by atoms with Gasteiger partial charge in [0.15, 0.2) is 0 Å². The van der Waals surface area contributed by atoms with Crippen LogP contribution in [0, 0.1) is 5.92 Å². The first-order valence-electron chi connectivity index (χ1n) is 6.09. The minimum absolute atomic E-state index is 0.690. The molecular formula is C12H25NO. The minimum atomic E-state index is 0.690. The van der Waals surface area contributed by atoms with Gasteiger partial charge in [-0.25, -0.2) is 0 Å². The van der Waals surface area contributed by atoms with Crippen LogP contribution in [0.2, 0.25) is 0 Å². The van der Waals surface area contributed by atoms with E-state index in [1.54, 1.807) is 7.11 Å². The molecule has 1 unspecified atom stereocenters. The summed E-state index contributed by atoms with van der Waals surface area (Å²) in [5.74, 6) is 1.06. The van der Waals surface area contributed by atoms with E-state index >= 15 is 0 Å². The number of rotatable bonds is 9. The van der Waals surface area contributed by atoms with Gasteiger partial charge in [0.05, 0.1) is 0 Å². The van der Waals surface area contributed by atoms with Gasteiger partial charge in [-0.05, 0) is 38.1 Å². The van der Waals surface area contributed by atoms with Crippen LogP contribution in [-0.4, -0.2) is 26.3 Å². The average Bonchev–Trinajstić information content (AvgIpc) is 3.00. The zero-order valence-corrected chi connectivity index (χ0v) is 9.72. The molecule has 0 aliphatic heterocycles. The second kappa shape index (κ2) is 7.24. The van der Waals surface area contributed by atoms with Crippen molar-refractivity contribution < 1.29 is 4.74 Å². The molecule has 14 heavy (non-hydrogen) atoms. The van der Waals surface area contributed by atoms with E-state index in [1.807, 2.05) is 0 Å². The van der Waals surface area contributed by atoms with Crippen LogP contribution >= 0.6 is 0 Å². The maximum atomic E-state index is 5.13. The van der Waals surface area contributed by atoms with E-state index in [1.165, 1.54) is 38.5 Å². The van der Waals surface area contributed by atoms with Crippen LogP contribution in [0.25, 0.3) is 0 Å². The Hall–Kier alpha value is -0.0800. The Morgan fingerprint density at radius 2 is 2.14 bits per heavy atom. The van der Waals surface area contributed by atoms with Gasteiger partial charge in [-0.3, -0.25) is 0 Å². The first-order valence-corrected chi connectivity index (χ1v) is 6.09. The highest BCUT2D eigenvalue weighted by Gasteiger charge is 2.22. The average molecular weight is 199 g/mol. The van der Waals surface area contributed by atoms with E-state index in [9.17, 15) is 0 Å². The lowest BCUT2D eigenvalue weighted by molar-refractivity contribution is 0.180. The highest BCUT2D eigenvalue weighted by Crippen LogP contribution is 2.34. The lowest BCUT2D eigenvalue weighted by Crippen LogP contribution is -2.31. The largest absolute Gasteiger partial charge is 0.385 e. The van der Waals surface area contributed by atoms with Gasteiger partial charge in [-0.15, -0.1) is 0 Å². The maximum absolute atomic E-state index is 5.13. The summed E-state index contributed by atoms with van der Waals surface area (Å²) in [6, 6.07) is 0.690. The molecule has 84 valence electrons. The molecule has 2 nitrogen and oxygen atoms in total. The van der Waals surface area contributed by atoms with Crippen molar-refractivity contribution in [2.24, 2.45) is 5.92 Å². The Balaban J connectivity index is 2.05. The Labute approximate surface area is 88.4 Å². The highest BCUT2D eigenvalue weighted by molar-refractivity contribution is 4.76. The standard InChI is InChI=1S/C12H25NO/c1-3-9-13-12(8-10-14-2)7-6-11-4-5-11/h11-13H,3-10H2,1-2H3. The van der Waals surface area contributed by atoms with Gasteiger partial charge in [-0.1, -0.05) is 19.8 Å². The lowest BCUT2D eigenvalue weighted by atomic mass is 10.1. The summed E-state index contributed by atoms with van der Waals surface area (Å²) in [6.45, 7) is 4.27. The number of nitrogens with one attached hydrogen (secondary N) is 1. The highest BCUT2D eigenvalue weighted by atomic mass is 16.5. The Morgan fingerprint density at radius 1 is 1.36 bits per heavy atom. The summed E-state index contributed by atoms with van der Waals surface area (Å²) in [7, 11) is 1.79. The van der Waals surface area contributed by atoms with E-state index in [0.717, 1.165) is 19.1 Å². The molecule has 0 saturated heterocycles. The van der Waals surface area contributed by atoms with E-state index in [4.69, 9.17) is 4.74 Å². The molecule has 1 rings (SSSR count). The van der Waals surface area contributed by atoms with Crippen molar-refractivity contribution in [3.05, 3.63) is 0 Å². The monoisotopic (exact) mass is 199 g/mol. The molecule has 1 N–H and O–H groups in total. The van der Waals surface area contributed by atoms with Crippen LogP contribution in [0.5, 0.6) is 0 Å². The summed E-state index contributed by atoms with van der Waals surface area (Å²) >= 11 is 0. The fourth-order valence-electron chi connectivity index (χ4n) is 1.80. The quantitative estimate of drug-likeness (QED) is 0.616. The molecule has 1 saturated carbocycles. The Bertz CT molecular complexity index is 126. The smallest absolute Gasteiger partial charge is 0.0477 e. The summed E-state index contributed by atoms with van der Waals surface area (Å²) < 4.78 is 5.13. The summed E-state index contributed by atoms with van der Waals surface area (Å²) in [5.41, 5.74) is 0. The Morgan fingerprint density at radius 3 is 2.71 bits per heavy atom. The molecule has 1 aliphatic carbocycles. The van der Waals surface area contributed by atoms with Gasteiger partial charge >= 0.3 is 0 Å². The number of hydrogen-bond donors (Lipinski definition) is 1. The molecule has 0 amide bonds. The first kappa shape index (κ1) is 12.0. The third-order valence-corrected chi connectivity index (χ3v) is 2.97. The summed E-state index contributed by atoms with van der Waals surface area (Å²) in [4.78, 5) is 0. The predicted molar refractivity (Wildman–Crippen MR) is 60.5 cm³/mol. The fourth-order valence-corrected chi connectivity index (χ4v) is 1.80. The number of methoxy groups -OCH3 is 1. The van der Waals surface area contributed by atoms with Crippen molar-refractivity contribution in [3.8, 4) is 0 Å². The van der Waals surface area contributed by atoms with Crippen molar-refractivity contribution in [1.29, 1.82) is 0 Å². The molecule has 1 atom stereocenters. The van der Waals surface area contributed by atoms with Crippen molar-refractivity contribution >= 4 is 0 Å². The van der Waals surface area contributed by atoms with E-state index in [2.05, 4.69) is 12.2 Å². The van der Waals surface area contributed by atoms with Crippen molar-refractivity contribution in [2.45, 2.75) is 51.5 Å². The molecule has 0 aromatic carbocycles. The zero-order valence-electron chi connectivity index (χ0n) is 9.72. The Kier molecular flexibility index (Phi) is 6.20. The third-order valence-electron chi connectivity index (χ3n) is 2.97. The van der Waals surface area contributed by atoms with Crippen molar-refractivity contribution in [1.82, 2.24) is 5.32 Å². The van der Waals surface area contributed by atoms with Crippen LogP contribution in [-0.2, 0) is 4.74 Å². The SMILES string of the molecule is CCCNC(CCOC)CCC1CC1. The molecular weight excluding hydrogens is 174 g/mol. The van der Waals surface area contributed by atoms with Crippen LogP contribution < -0.4 is 5.32 Å². The van der Waals surface area contributed by atoms with Gasteiger partial charge in [0.1, 0.15) is 0 Å². The van der Waals surface area contributed by atoms with Gasteiger partial charge in [-0.2, -0.15) is 0 Å². The molecule has 1 aliphatic rings. The molecule has 0 aromatic rings. The number of ether oxygens (including phenoxy) is 1. The number of hydrogen-bond acceptors (Lipinski definition) is 2. The van der Waals surface area contributed by atoms with Crippen LogP contribution in [0.4, 0.5) is 0 Å². The predicted octanol–water partition coefficient (Wildman–Crippen LogP) is 2.58. The molecule has 2 heteroatoms. The van der Waals surface area contributed by atoms with Crippen LogP contribution in [0.15, 0.2) is 0 Å². The normalized spacial score (nSPS) is 18.4. The lowest BCUT2D eigenvalue weighted by Gasteiger charge is -2.17. The zero-order chi connectivity index (χ0) is 10.2. The molecule has 1 fully saturated rings. The second-order valence-electron chi connectivity index (χ2n) is 4.45. The maximum Gasteiger partial charge on any atom is 0.0477 e. The van der Waals surface area contributed by atoms with Gasteiger partial charge < -0.3 is 10.1 Å². The molecule has 0 spiro atoms. The van der Waals surface area contributed by atoms with E-state index in [0.29, 0.717) is 6.04 Å². The molecule has 0 radical (unpaired) electrons. The van der Waals surface area contributed by atoms with Crippen molar-refractivity contribution in [2.75, 3.05) is 20.3 Å². The van der Waals surface area contributed by atoms with Crippen LogP contribution in [0.1, 0.15) is 45.4 Å². The van der Waals surface area contributed by atoms with Gasteiger partial charge in [0, 0.05) is 19.8 Å². The first-order chi connectivity index (χ1) is 6.86. The van der Waals surface area contributed by atoms with Crippen LogP contribution in [0.3, 0.4) is 0 Å². The fraction of sp³-hybridized carbons (Fsp3) is 1.00.